The summed E-state index contributed by atoms with van der Waals surface area (Å²) in [7, 11) is 0. The molecule has 2 heteroatoms. The van der Waals surface area contributed by atoms with E-state index in [1.807, 2.05) is 0 Å². The predicted molar refractivity (Wildman–Crippen MR) is 31.7 cm³/mol. The van der Waals surface area contributed by atoms with Crippen LogP contribution in [0.3, 0.4) is 0 Å². The van der Waals surface area contributed by atoms with Crippen LogP contribution in [0.4, 0.5) is 0 Å². The van der Waals surface area contributed by atoms with Crippen LogP contribution in [0.25, 0.3) is 0 Å². The molecule has 0 aliphatic carbocycles. The van der Waals surface area contributed by atoms with Gasteiger partial charge in [0, 0.05) is 6.04 Å². The lowest BCUT2D eigenvalue weighted by atomic mass is 10.2. The summed E-state index contributed by atoms with van der Waals surface area (Å²) >= 11 is 0. The maximum absolute atomic E-state index is 5.14. The van der Waals surface area contributed by atoms with Gasteiger partial charge < -0.3 is 0 Å². The first-order valence-electron chi connectivity index (χ1n) is 2.81. The summed E-state index contributed by atoms with van der Waals surface area (Å²) in [5.41, 5.74) is 2.70. The molecule has 0 spiro atoms. The molecule has 0 fully saturated rings. The summed E-state index contributed by atoms with van der Waals surface area (Å²) in [6.07, 6.45) is 2.24. The Morgan fingerprint density at radius 1 is 1.43 bits per heavy atom. The van der Waals surface area contributed by atoms with Crippen molar-refractivity contribution in [2.75, 3.05) is 0 Å². The van der Waals surface area contributed by atoms with Crippen molar-refractivity contribution in [3.8, 4) is 0 Å². The van der Waals surface area contributed by atoms with Gasteiger partial charge in [-0.1, -0.05) is 13.8 Å². The van der Waals surface area contributed by atoms with Crippen molar-refractivity contribution in [3.63, 3.8) is 0 Å². The first-order valence-corrected chi connectivity index (χ1v) is 2.81. The van der Waals surface area contributed by atoms with Crippen LogP contribution in [0.15, 0.2) is 0 Å². The second-order valence-electron chi connectivity index (χ2n) is 1.68. The molecule has 3 N–H and O–H groups in total. The molecule has 0 atom stereocenters. The number of hydrogen-bond acceptors (Lipinski definition) is 2. The summed E-state index contributed by atoms with van der Waals surface area (Å²) in [4.78, 5) is 0. The lowest BCUT2D eigenvalue weighted by molar-refractivity contribution is 0.500. The average molecular weight is 102 g/mol. The van der Waals surface area contributed by atoms with E-state index in [0.717, 1.165) is 12.8 Å². The molecule has 0 aliphatic heterocycles. The third-order valence-electron chi connectivity index (χ3n) is 1.22. The van der Waals surface area contributed by atoms with E-state index >= 15 is 0 Å². The molecule has 0 bridgehead atoms. The number of hydrazine groups is 1. The maximum Gasteiger partial charge on any atom is 0.0205 e. The Hall–Kier alpha value is -0.0800. The van der Waals surface area contributed by atoms with Crippen LogP contribution >= 0.6 is 0 Å². The fourth-order valence-electron chi connectivity index (χ4n) is 0.524. The number of rotatable bonds is 3. The average Bonchev–Trinajstić information content (AvgIpc) is 1.72. The number of hydrogen-bond donors (Lipinski definition) is 2. The fraction of sp³-hybridized carbons (Fsp3) is 1.00. The predicted octanol–water partition coefficient (Wildman–Crippen LogP) is 0.638. The summed E-state index contributed by atoms with van der Waals surface area (Å²) in [5, 5.41) is 0. The zero-order chi connectivity index (χ0) is 5.70. The van der Waals surface area contributed by atoms with Gasteiger partial charge in [0.05, 0.1) is 0 Å². The highest BCUT2D eigenvalue weighted by molar-refractivity contribution is 4.54. The van der Waals surface area contributed by atoms with E-state index in [1.165, 1.54) is 0 Å². The molecular weight excluding hydrogens is 88.1 g/mol. The molecule has 0 aliphatic rings. The van der Waals surface area contributed by atoms with Gasteiger partial charge in [0.15, 0.2) is 0 Å². The maximum atomic E-state index is 5.14. The molecule has 0 amide bonds. The molecule has 44 valence electrons. The van der Waals surface area contributed by atoms with Gasteiger partial charge in [0.1, 0.15) is 0 Å². The van der Waals surface area contributed by atoms with Gasteiger partial charge in [-0.25, -0.2) is 0 Å². The molecule has 0 saturated carbocycles. The Morgan fingerprint density at radius 3 is 1.86 bits per heavy atom. The second kappa shape index (κ2) is 4.09. The highest BCUT2D eigenvalue weighted by Gasteiger charge is 1.94. The minimum atomic E-state index is 0.514. The van der Waals surface area contributed by atoms with E-state index in [-0.39, 0.29) is 0 Å². The van der Waals surface area contributed by atoms with E-state index in [9.17, 15) is 0 Å². The molecule has 0 aromatic heterocycles. The number of nitrogens with one attached hydrogen (secondary N) is 1. The minimum Gasteiger partial charge on any atom is -0.271 e. The van der Waals surface area contributed by atoms with Gasteiger partial charge in [-0.15, -0.1) is 0 Å². The molecule has 0 unspecified atom stereocenters. The van der Waals surface area contributed by atoms with E-state index in [1.54, 1.807) is 0 Å². The highest BCUT2D eigenvalue weighted by Crippen LogP contribution is 1.91. The molecule has 0 radical (unpaired) electrons. The largest absolute Gasteiger partial charge is 0.271 e. The van der Waals surface area contributed by atoms with Crippen LogP contribution in [-0.4, -0.2) is 6.04 Å². The monoisotopic (exact) mass is 102 g/mol. The Bertz CT molecular complexity index is 27.6. The molecule has 0 heterocycles. The molecule has 7 heavy (non-hydrogen) atoms. The zero-order valence-electron chi connectivity index (χ0n) is 5.07. The third-order valence-corrected chi connectivity index (χ3v) is 1.22. The van der Waals surface area contributed by atoms with E-state index < -0.39 is 0 Å². The Balaban J connectivity index is 2.99. The second-order valence-corrected chi connectivity index (χ2v) is 1.68. The lowest BCUT2D eigenvalue weighted by Crippen LogP contribution is -2.33. The molecule has 0 aromatic rings. The molecule has 0 aromatic carbocycles. The quantitative estimate of drug-likeness (QED) is 0.405. The van der Waals surface area contributed by atoms with Crippen molar-refractivity contribution in [1.82, 2.24) is 5.43 Å². The molecule has 2 nitrogen and oxygen atoms in total. The SMILES string of the molecule is CCC(CC)NN. The van der Waals surface area contributed by atoms with Crippen LogP contribution in [0.2, 0.25) is 0 Å². The minimum absolute atomic E-state index is 0.514. The van der Waals surface area contributed by atoms with Crippen LogP contribution in [-0.2, 0) is 0 Å². The van der Waals surface area contributed by atoms with Crippen molar-refractivity contribution in [3.05, 3.63) is 0 Å². The highest BCUT2D eigenvalue weighted by atomic mass is 15.2. The normalized spacial score (nSPS) is 10.3. The van der Waals surface area contributed by atoms with E-state index in [2.05, 4.69) is 19.3 Å². The number of nitrogens with two attached hydrogens (primary N) is 1. The zero-order valence-corrected chi connectivity index (χ0v) is 5.07. The Labute approximate surface area is 45.1 Å². The van der Waals surface area contributed by atoms with E-state index in [0.29, 0.717) is 6.04 Å². The molecule has 0 rings (SSSR count). The van der Waals surface area contributed by atoms with Crippen molar-refractivity contribution in [1.29, 1.82) is 0 Å². The smallest absolute Gasteiger partial charge is 0.0205 e. The van der Waals surface area contributed by atoms with E-state index in [4.69, 9.17) is 5.84 Å². The third kappa shape index (κ3) is 2.60. The van der Waals surface area contributed by atoms with Gasteiger partial charge in [0.2, 0.25) is 0 Å². The molecule has 0 saturated heterocycles. The van der Waals surface area contributed by atoms with Crippen LogP contribution < -0.4 is 11.3 Å². The summed E-state index contributed by atoms with van der Waals surface area (Å²) in [6.45, 7) is 4.24. The summed E-state index contributed by atoms with van der Waals surface area (Å²) in [6, 6.07) is 0.514. The fourth-order valence-corrected chi connectivity index (χ4v) is 0.524. The van der Waals surface area contributed by atoms with Crippen molar-refractivity contribution in [2.24, 2.45) is 5.84 Å². The summed E-state index contributed by atoms with van der Waals surface area (Å²) in [5.74, 6) is 5.14. The van der Waals surface area contributed by atoms with Gasteiger partial charge in [-0.05, 0) is 12.8 Å². The van der Waals surface area contributed by atoms with Crippen LogP contribution in [0.1, 0.15) is 26.7 Å². The van der Waals surface area contributed by atoms with Crippen molar-refractivity contribution in [2.45, 2.75) is 32.7 Å². The standard InChI is InChI=1S/C5H14N2/c1-3-5(4-2)7-6/h5,7H,3-4,6H2,1-2H3. The van der Waals surface area contributed by atoms with Gasteiger partial charge in [-0.2, -0.15) is 0 Å². The first kappa shape index (κ1) is 6.92. The Morgan fingerprint density at radius 2 is 1.86 bits per heavy atom. The first-order chi connectivity index (χ1) is 3.35. The van der Waals surface area contributed by atoms with Gasteiger partial charge in [-0.3, -0.25) is 11.3 Å². The molecular formula is C5H14N2. The van der Waals surface area contributed by atoms with Crippen LogP contribution in [0.5, 0.6) is 0 Å². The Kier molecular flexibility index (Phi) is 4.04. The summed E-state index contributed by atoms with van der Waals surface area (Å²) < 4.78 is 0. The van der Waals surface area contributed by atoms with Gasteiger partial charge in [0.25, 0.3) is 0 Å². The van der Waals surface area contributed by atoms with Gasteiger partial charge >= 0.3 is 0 Å². The lowest BCUT2D eigenvalue weighted by Gasteiger charge is -2.07. The van der Waals surface area contributed by atoms with Crippen molar-refractivity contribution >= 4 is 0 Å². The van der Waals surface area contributed by atoms with Crippen molar-refractivity contribution < 1.29 is 0 Å². The topological polar surface area (TPSA) is 38.0 Å². The van der Waals surface area contributed by atoms with Crippen LogP contribution in [0, 0.1) is 0 Å².